The van der Waals surface area contributed by atoms with Gasteiger partial charge in [0.05, 0.1) is 25.0 Å². The van der Waals surface area contributed by atoms with Crippen molar-refractivity contribution in [3.63, 3.8) is 0 Å². The van der Waals surface area contributed by atoms with Crippen molar-refractivity contribution in [3.8, 4) is 5.75 Å². The molecule has 0 saturated heterocycles. The third-order valence-corrected chi connectivity index (χ3v) is 2.98. The molecule has 0 aromatic carbocycles. The first kappa shape index (κ1) is 15.0. The predicted molar refractivity (Wildman–Crippen MR) is 71.9 cm³/mol. The van der Waals surface area contributed by atoms with Gasteiger partial charge in [-0.1, -0.05) is 6.92 Å². The van der Waals surface area contributed by atoms with Crippen LogP contribution in [-0.4, -0.2) is 37.2 Å². The number of aryl methyl sites for hydroxylation is 1. The highest BCUT2D eigenvalue weighted by Gasteiger charge is 2.19. The van der Waals surface area contributed by atoms with Crippen LogP contribution in [0.15, 0.2) is 6.20 Å². The van der Waals surface area contributed by atoms with Gasteiger partial charge in [0.25, 0.3) is 0 Å². The molecule has 1 aromatic rings. The van der Waals surface area contributed by atoms with Gasteiger partial charge in [-0.15, -0.1) is 0 Å². The van der Waals surface area contributed by atoms with E-state index in [2.05, 4.69) is 17.3 Å². The van der Waals surface area contributed by atoms with Crippen LogP contribution in [0.3, 0.4) is 0 Å². The summed E-state index contributed by atoms with van der Waals surface area (Å²) in [5.41, 5.74) is 1.11. The highest BCUT2D eigenvalue weighted by atomic mass is 16.5. The molecule has 1 N–H and O–H groups in total. The van der Waals surface area contributed by atoms with Crippen LogP contribution in [0.25, 0.3) is 0 Å². The van der Waals surface area contributed by atoms with Gasteiger partial charge < -0.3 is 14.8 Å². The Balaban J connectivity index is 2.75. The van der Waals surface area contributed by atoms with Gasteiger partial charge in [-0.05, 0) is 25.8 Å². The summed E-state index contributed by atoms with van der Waals surface area (Å²) in [6.45, 7) is 3.94. The fourth-order valence-corrected chi connectivity index (χ4v) is 2.07. The molecule has 0 bridgehead atoms. The van der Waals surface area contributed by atoms with Gasteiger partial charge in [-0.25, -0.2) is 0 Å². The van der Waals surface area contributed by atoms with Crippen LogP contribution in [-0.2, 0) is 11.8 Å². The Morgan fingerprint density at radius 1 is 1.44 bits per heavy atom. The lowest BCUT2D eigenvalue weighted by molar-refractivity contribution is 0.188. The number of aromatic nitrogens is 2. The van der Waals surface area contributed by atoms with Crippen molar-refractivity contribution in [2.24, 2.45) is 7.05 Å². The third kappa shape index (κ3) is 3.99. The molecule has 1 aromatic heterocycles. The van der Waals surface area contributed by atoms with E-state index in [1.165, 1.54) is 0 Å². The SMILES string of the molecule is CCCNC(CCCOC)c1c(OC)cnn1C. The van der Waals surface area contributed by atoms with Crippen molar-refractivity contribution >= 4 is 0 Å². The fourth-order valence-electron chi connectivity index (χ4n) is 2.07. The molecule has 0 saturated carbocycles. The lowest BCUT2D eigenvalue weighted by atomic mass is 10.1. The summed E-state index contributed by atoms with van der Waals surface area (Å²) in [6, 6.07) is 0.266. The maximum atomic E-state index is 5.38. The first-order valence-corrected chi connectivity index (χ1v) is 6.52. The average Bonchev–Trinajstić information content (AvgIpc) is 2.75. The molecular formula is C13H25N3O2. The Labute approximate surface area is 109 Å². The lowest BCUT2D eigenvalue weighted by Gasteiger charge is -2.20. The van der Waals surface area contributed by atoms with Gasteiger partial charge in [-0.3, -0.25) is 4.68 Å². The highest BCUT2D eigenvalue weighted by Crippen LogP contribution is 2.27. The number of hydrogen-bond donors (Lipinski definition) is 1. The van der Waals surface area contributed by atoms with E-state index >= 15 is 0 Å². The van der Waals surface area contributed by atoms with E-state index in [0.29, 0.717) is 0 Å². The topological polar surface area (TPSA) is 48.3 Å². The van der Waals surface area contributed by atoms with E-state index in [4.69, 9.17) is 9.47 Å². The molecule has 1 unspecified atom stereocenters. The molecule has 1 heterocycles. The molecule has 104 valence electrons. The number of ether oxygens (including phenoxy) is 2. The summed E-state index contributed by atoms with van der Waals surface area (Å²) < 4.78 is 12.4. The van der Waals surface area contributed by atoms with E-state index in [9.17, 15) is 0 Å². The first-order chi connectivity index (χ1) is 8.74. The molecule has 0 radical (unpaired) electrons. The summed E-state index contributed by atoms with van der Waals surface area (Å²) in [7, 11) is 5.38. The van der Waals surface area contributed by atoms with Crippen LogP contribution in [0.5, 0.6) is 5.75 Å². The standard InChI is InChI=1S/C13H25N3O2/c1-5-8-14-11(7-6-9-17-3)13-12(18-4)10-15-16(13)2/h10-11,14H,5-9H2,1-4H3. The molecule has 0 fully saturated rings. The summed E-state index contributed by atoms with van der Waals surface area (Å²) in [6.07, 6.45) is 4.92. The second-order valence-electron chi connectivity index (χ2n) is 4.36. The Morgan fingerprint density at radius 3 is 2.83 bits per heavy atom. The zero-order valence-corrected chi connectivity index (χ0v) is 11.9. The van der Waals surface area contributed by atoms with Crippen LogP contribution in [0.4, 0.5) is 0 Å². The number of rotatable bonds is 9. The van der Waals surface area contributed by atoms with Gasteiger partial charge >= 0.3 is 0 Å². The molecule has 0 aliphatic heterocycles. The molecule has 0 spiro atoms. The zero-order chi connectivity index (χ0) is 13.4. The van der Waals surface area contributed by atoms with Gasteiger partial charge in [-0.2, -0.15) is 5.10 Å². The van der Waals surface area contributed by atoms with Crippen molar-refractivity contribution in [1.82, 2.24) is 15.1 Å². The normalized spacial score (nSPS) is 12.7. The van der Waals surface area contributed by atoms with Crippen molar-refractivity contribution in [2.45, 2.75) is 32.2 Å². The van der Waals surface area contributed by atoms with Gasteiger partial charge in [0.15, 0.2) is 5.75 Å². The molecule has 5 heteroatoms. The van der Waals surface area contributed by atoms with E-state index < -0.39 is 0 Å². The minimum Gasteiger partial charge on any atom is -0.493 e. The lowest BCUT2D eigenvalue weighted by Crippen LogP contribution is -2.25. The molecule has 0 amide bonds. The van der Waals surface area contributed by atoms with Crippen LogP contribution < -0.4 is 10.1 Å². The van der Waals surface area contributed by atoms with Crippen LogP contribution in [0.2, 0.25) is 0 Å². The summed E-state index contributed by atoms with van der Waals surface area (Å²) in [5.74, 6) is 0.850. The molecule has 18 heavy (non-hydrogen) atoms. The highest BCUT2D eigenvalue weighted by molar-refractivity contribution is 5.28. The molecular weight excluding hydrogens is 230 g/mol. The largest absolute Gasteiger partial charge is 0.493 e. The van der Waals surface area contributed by atoms with Crippen molar-refractivity contribution in [1.29, 1.82) is 0 Å². The summed E-state index contributed by atoms with van der Waals surface area (Å²) in [4.78, 5) is 0. The monoisotopic (exact) mass is 255 g/mol. The van der Waals surface area contributed by atoms with E-state index in [-0.39, 0.29) is 6.04 Å². The second-order valence-corrected chi connectivity index (χ2v) is 4.36. The van der Waals surface area contributed by atoms with Crippen molar-refractivity contribution in [3.05, 3.63) is 11.9 Å². The molecule has 0 aliphatic carbocycles. The first-order valence-electron chi connectivity index (χ1n) is 6.52. The number of nitrogens with zero attached hydrogens (tertiary/aromatic N) is 2. The molecule has 1 atom stereocenters. The zero-order valence-electron chi connectivity index (χ0n) is 11.9. The van der Waals surface area contributed by atoms with Crippen molar-refractivity contribution < 1.29 is 9.47 Å². The van der Waals surface area contributed by atoms with E-state index in [0.717, 1.165) is 43.9 Å². The molecule has 1 rings (SSSR count). The average molecular weight is 255 g/mol. The number of nitrogens with one attached hydrogen (secondary N) is 1. The van der Waals surface area contributed by atoms with Crippen LogP contribution in [0.1, 0.15) is 37.9 Å². The van der Waals surface area contributed by atoms with Crippen LogP contribution >= 0.6 is 0 Å². The summed E-state index contributed by atoms with van der Waals surface area (Å²) >= 11 is 0. The predicted octanol–water partition coefficient (Wildman–Crippen LogP) is 1.90. The fraction of sp³-hybridized carbons (Fsp3) is 0.769. The second kappa shape index (κ2) is 8.11. The maximum absolute atomic E-state index is 5.38. The number of hydrogen-bond acceptors (Lipinski definition) is 4. The summed E-state index contributed by atoms with van der Waals surface area (Å²) in [5, 5.41) is 7.81. The molecule has 5 nitrogen and oxygen atoms in total. The minimum absolute atomic E-state index is 0.266. The Hall–Kier alpha value is -1.07. The third-order valence-electron chi connectivity index (χ3n) is 2.98. The molecule has 0 aliphatic rings. The van der Waals surface area contributed by atoms with Gasteiger partial charge in [0.1, 0.15) is 0 Å². The van der Waals surface area contributed by atoms with Crippen molar-refractivity contribution in [2.75, 3.05) is 27.4 Å². The number of methoxy groups -OCH3 is 2. The Bertz CT molecular complexity index is 339. The van der Waals surface area contributed by atoms with Gasteiger partial charge in [0, 0.05) is 20.8 Å². The van der Waals surface area contributed by atoms with E-state index in [1.54, 1.807) is 20.4 Å². The van der Waals surface area contributed by atoms with Gasteiger partial charge in [0.2, 0.25) is 0 Å². The Kier molecular flexibility index (Phi) is 6.75. The smallest absolute Gasteiger partial charge is 0.161 e. The van der Waals surface area contributed by atoms with E-state index in [1.807, 2.05) is 11.7 Å². The minimum atomic E-state index is 0.266. The van der Waals surface area contributed by atoms with Crippen LogP contribution in [0, 0.1) is 0 Å². The maximum Gasteiger partial charge on any atom is 0.161 e. The Morgan fingerprint density at radius 2 is 2.22 bits per heavy atom. The quantitative estimate of drug-likeness (QED) is 0.685.